The van der Waals surface area contributed by atoms with Gasteiger partial charge in [0, 0.05) is 6.20 Å². The number of rotatable bonds is 0. The van der Waals surface area contributed by atoms with Crippen molar-refractivity contribution in [1.29, 1.82) is 0 Å². The van der Waals surface area contributed by atoms with Crippen LogP contribution in [0.4, 0.5) is 0 Å². The van der Waals surface area contributed by atoms with Crippen molar-refractivity contribution >= 4 is 16.7 Å². The molecule has 0 aliphatic carbocycles. The lowest BCUT2D eigenvalue weighted by molar-refractivity contribution is 0.518. The summed E-state index contributed by atoms with van der Waals surface area (Å²) in [5.74, 6) is 0. The molecule has 0 spiro atoms. The number of hydrogen-bond acceptors (Lipinski definition) is 3. The summed E-state index contributed by atoms with van der Waals surface area (Å²) in [6.45, 7) is 0. The number of nitrogens with zero attached hydrogens (tertiary/aromatic N) is 2. The van der Waals surface area contributed by atoms with Gasteiger partial charge in [0.15, 0.2) is 5.52 Å². The van der Waals surface area contributed by atoms with E-state index in [1.165, 1.54) is 6.26 Å². The molecule has 0 atom stereocenters. The summed E-state index contributed by atoms with van der Waals surface area (Å²) in [5.41, 5.74) is 1.50. The van der Waals surface area contributed by atoms with Gasteiger partial charge < -0.3 is 4.42 Å². The van der Waals surface area contributed by atoms with E-state index in [4.69, 9.17) is 4.42 Å². The molecule has 3 heterocycles. The quantitative estimate of drug-likeness (QED) is 0.533. The summed E-state index contributed by atoms with van der Waals surface area (Å²) >= 11 is 0. The molecule has 0 saturated heterocycles. The molecule has 0 fully saturated rings. The molecular formula is C10H6N2O2. The van der Waals surface area contributed by atoms with Crippen LogP contribution in [-0.2, 0) is 0 Å². The smallest absolute Gasteiger partial charge is 0.364 e. The van der Waals surface area contributed by atoms with Crippen LogP contribution in [0.5, 0.6) is 0 Å². The molecule has 0 N–H and O–H groups in total. The van der Waals surface area contributed by atoms with Gasteiger partial charge in [-0.25, -0.2) is 9.78 Å². The molecule has 0 aromatic carbocycles. The first-order valence-electron chi connectivity index (χ1n) is 4.21. The number of imidazole rings is 1. The van der Waals surface area contributed by atoms with Gasteiger partial charge in [0.25, 0.3) is 0 Å². The van der Waals surface area contributed by atoms with Crippen molar-refractivity contribution in [3.8, 4) is 0 Å². The highest BCUT2D eigenvalue weighted by Gasteiger charge is 2.06. The molecule has 0 unspecified atom stereocenters. The maximum absolute atomic E-state index is 11.3. The molecule has 4 heteroatoms. The average Bonchev–Trinajstić information content (AvgIpc) is 2.59. The molecule has 3 aromatic rings. The van der Waals surface area contributed by atoms with Crippen molar-refractivity contribution in [3.63, 3.8) is 0 Å². The zero-order valence-electron chi connectivity index (χ0n) is 7.18. The lowest BCUT2D eigenvalue weighted by Gasteiger charge is -1.91. The van der Waals surface area contributed by atoms with Crippen LogP contribution in [0.1, 0.15) is 0 Å². The normalized spacial score (nSPS) is 11.1. The van der Waals surface area contributed by atoms with Gasteiger partial charge in [-0.2, -0.15) is 0 Å². The monoisotopic (exact) mass is 186 g/mol. The number of pyridine rings is 1. The minimum Gasteiger partial charge on any atom is -0.430 e. The Bertz CT molecular complexity index is 666. The molecule has 68 valence electrons. The molecule has 0 aliphatic rings. The van der Waals surface area contributed by atoms with Crippen molar-refractivity contribution in [2.24, 2.45) is 0 Å². The average molecular weight is 186 g/mol. The first-order chi connectivity index (χ1) is 6.86. The SMILES string of the molecule is O=c1occc2c1nc1ccccn12. The second-order valence-corrected chi connectivity index (χ2v) is 2.98. The third-order valence-electron chi connectivity index (χ3n) is 2.16. The molecule has 0 bridgehead atoms. The van der Waals surface area contributed by atoms with E-state index >= 15 is 0 Å². The molecule has 0 aliphatic heterocycles. The Morgan fingerprint density at radius 1 is 1.29 bits per heavy atom. The number of aromatic nitrogens is 2. The molecule has 14 heavy (non-hydrogen) atoms. The molecular weight excluding hydrogens is 180 g/mol. The lowest BCUT2D eigenvalue weighted by atomic mass is 10.4. The van der Waals surface area contributed by atoms with Crippen LogP contribution in [-0.4, -0.2) is 9.38 Å². The zero-order valence-corrected chi connectivity index (χ0v) is 7.18. The number of hydrogen-bond donors (Lipinski definition) is 0. The van der Waals surface area contributed by atoms with Gasteiger partial charge in [0.1, 0.15) is 5.65 Å². The summed E-state index contributed by atoms with van der Waals surface area (Å²) in [7, 11) is 0. The maximum atomic E-state index is 11.3. The largest absolute Gasteiger partial charge is 0.430 e. The second kappa shape index (κ2) is 2.45. The predicted molar refractivity (Wildman–Crippen MR) is 51.2 cm³/mol. The van der Waals surface area contributed by atoms with Crippen LogP contribution in [0.3, 0.4) is 0 Å². The van der Waals surface area contributed by atoms with Gasteiger partial charge in [-0.05, 0) is 18.2 Å². The first kappa shape index (κ1) is 7.32. The van der Waals surface area contributed by atoms with E-state index in [9.17, 15) is 4.79 Å². The van der Waals surface area contributed by atoms with Crippen molar-refractivity contribution in [2.45, 2.75) is 0 Å². The fraction of sp³-hybridized carbons (Fsp3) is 0. The molecule has 0 radical (unpaired) electrons. The summed E-state index contributed by atoms with van der Waals surface area (Å²) < 4.78 is 6.59. The van der Waals surface area contributed by atoms with Gasteiger partial charge in [0.05, 0.1) is 11.8 Å². The topological polar surface area (TPSA) is 47.5 Å². The van der Waals surface area contributed by atoms with Gasteiger partial charge in [-0.1, -0.05) is 6.07 Å². The Morgan fingerprint density at radius 2 is 2.21 bits per heavy atom. The van der Waals surface area contributed by atoms with Gasteiger partial charge in [-0.15, -0.1) is 0 Å². The fourth-order valence-corrected chi connectivity index (χ4v) is 1.54. The van der Waals surface area contributed by atoms with Crippen LogP contribution in [0.25, 0.3) is 16.7 Å². The summed E-state index contributed by atoms with van der Waals surface area (Å²) in [4.78, 5) is 15.5. The molecule has 0 amide bonds. The molecule has 3 aromatic heterocycles. The maximum Gasteiger partial charge on any atom is 0.364 e. The van der Waals surface area contributed by atoms with E-state index in [1.807, 2.05) is 28.8 Å². The lowest BCUT2D eigenvalue weighted by Crippen LogP contribution is -1.97. The van der Waals surface area contributed by atoms with E-state index in [0.717, 1.165) is 11.2 Å². The van der Waals surface area contributed by atoms with E-state index in [0.29, 0.717) is 5.52 Å². The Morgan fingerprint density at radius 3 is 3.14 bits per heavy atom. The van der Waals surface area contributed by atoms with Crippen LogP contribution in [0.2, 0.25) is 0 Å². The van der Waals surface area contributed by atoms with Crippen molar-refractivity contribution in [2.75, 3.05) is 0 Å². The number of fused-ring (bicyclic) bond motifs is 3. The Balaban J connectivity index is 2.70. The second-order valence-electron chi connectivity index (χ2n) is 2.98. The zero-order chi connectivity index (χ0) is 9.54. The summed E-state index contributed by atoms with van der Waals surface area (Å²) in [6, 6.07) is 7.35. The molecule has 3 rings (SSSR count). The highest BCUT2D eigenvalue weighted by Crippen LogP contribution is 2.11. The summed E-state index contributed by atoms with van der Waals surface area (Å²) in [5, 5.41) is 0. The molecule has 0 saturated carbocycles. The van der Waals surface area contributed by atoms with E-state index in [2.05, 4.69) is 4.98 Å². The van der Waals surface area contributed by atoms with Crippen molar-refractivity contribution in [3.05, 3.63) is 47.1 Å². The summed E-state index contributed by atoms with van der Waals surface area (Å²) in [6.07, 6.45) is 3.25. The minimum absolute atomic E-state index is 0.374. The Labute approximate surface area is 78.4 Å². The van der Waals surface area contributed by atoms with Gasteiger partial charge >= 0.3 is 5.63 Å². The fourth-order valence-electron chi connectivity index (χ4n) is 1.54. The third-order valence-corrected chi connectivity index (χ3v) is 2.16. The van der Waals surface area contributed by atoms with Crippen LogP contribution < -0.4 is 5.63 Å². The van der Waals surface area contributed by atoms with Gasteiger partial charge in [-0.3, -0.25) is 4.40 Å². The Kier molecular flexibility index (Phi) is 1.28. The molecule has 4 nitrogen and oxygen atoms in total. The highest BCUT2D eigenvalue weighted by molar-refractivity contribution is 5.78. The van der Waals surface area contributed by atoms with Crippen molar-refractivity contribution < 1.29 is 4.42 Å². The van der Waals surface area contributed by atoms with Crippen LogP contribution >= 0.6 is 0 Å². The van der Waals surface area contributed by atoms with E-state index in [-0.39, 0.29) is 0 Å². The van der Waals surface area contributed by atoms with Gasteiger partial charge in [0.2, 0.25) is 0 Å². The first-order valence-corrected chi connectivity index (χ1v) is 4.21. The third kappa shape index (κ3) is 0.821. The highest BCUT2D eigenvalue weighted by atomic mass is 16.4. The van der Waals surface area contributed by atoms with Crippen LogP contribution in [0.15, 0.2) is 45.9 Å². The minimum atomic E-state index is -0.397. The van der Waals surface area contributed by atoms with Crippen LogP contribution in [0, 0.1) is 0 Å². The van der Waals surface area contributed by atoms with E-state index in [1.54, 1.807) is 6.07 Å². The van der Waals surface area contributed by atoms with E-state index < -0.39 is 5.63 Å². The van der Waals surface area contributed by atoms with Crippen molar-refractivity contribution in [1.82, 2.24) is 9.38 Å². The Hall–Kier alpha value is -2.10. The standard InChI is InChI=1S/C10H6N2O2/c13-10-9-7(4-6-14-10)12-5-2-1-3-8(12)11-9/h1-6H. The predicted octanol–water partition coefficient (Wildman–Crippen LogP) is 1.44.